The fraction of sp³-hybridized carbons (Fsp3) is 0.238. The quantitative estimate of drug-likeness (QED) is 0.634. The van der Waals surface area contributed by atoms with Gasteiger partial charge in [-0.05, 0) is 30.2 Å². The van der Waals surface area contributed by atoms with E-state index in [2.05, 4.69) is 5.10 Å². The molecule has 3 aromatic rings. The molecule has 0 bridgehead atoms. The third-order valence-corrected chi connectivity index (χ3v) is 5.03. The van der Waals surface area contributed by atoms with Gasteiger partial charge in [0.15, 0.2) is 11.5 Å². The van der Waals surface area contributed by atoms with Crippen molar-refractivity contribution in [2.45, 2.75) is 20.0 Å². The predicted molar refractivity (Wildman–Crippen MR) is 108 cm³/mol. The standard InChI is InChI=1S/C21H20ClN3O3/c1-2-24(12-16-8-9-18-19(10-16)28-14-27-18)17-11-23-25(21(26)20(17)22)13-15-6-4-3-5-7-15/h3-11H,2,12-14H2,1H3. The van der Waals surface area contributed by atoms with Crippen LogP contribution in [0.4, 0.5) is 5.69 Å². The first-order valence-electron chi connectivity index (χ1n) is 9.08. The number of aromatic nitrogens is 2. The normalized spacial score (nSPS) is 12.2. The second-order valence-electron chi connectivity index (χ2n) is 6.49. The van der Waals surface area contributed by atoms with E-state index >= 15 is 0 Å². The van der Waals surface area contributed by atoms with Gasteiger partial charge in [0, 0.05) is 13.1 Å². The van der Waals surface area contributed by atoms with Crippen LogP contribution in [0.2, 0.25) is 5.02 Å². The summed E-state index contributed by atoms with van der Waals surface area (Å²) >= 11 is 6.44. The first-order chi connectivity index (χ1) is 13.7. The minimum Gasteiger partial charge on any atom is -0.454 e. The lowest BCUT2D eigenvalue weighted by Gasteiger charge is -2.24. The molecule has 0 N–H and O–H groups in total. The number of benzene rings is 2. The van der Waals surface area contributed by atoms with Crippen LogP contribution in [0.1, 0.15) is 18.1 Å². The van der Waals surface area contributed by atoms with Crippen molar-refractivity contribution in [3.8, 4) is 11.5 Å². The third kappa shape index (κ3) is 3.68. The van der Waals surface area contributed by atoms with E-state index in [0.29, 0.717) is 25.3 Å². The maximum Gasteiger partial charge on any atom is 0.287 e. The van der Waals surface area contributed by atoms with Gasteiger partial charge in [-0.1, -0.05) is 48.0 Å². The molecule has 0 saturated carbocycles. The summed E-state index contributed by atoms with van der Waals surface area (Å²) in [6, 6.07) is 15.5. The lowest BCUT2D eigenvalue weighted by Crippen LogP contribution is -2.29. The molecule has 0 saturated heterocycles. The molecule has 6 nitrogen and oxygen atoms in total. The molecule has 1 aromatic heterocycles. The van der Waals surface area contributed by atoms with Crippen LogP contribution < -0.4 is 19.9 Å². The van der Waals surface area contributed by atoms with E-state index in [1.807, 2.05) is 60.4 Å². The summed E-state index contributed by atoms with van der Waals surface area (Å²) in [5.41, 5.74) is 2.35. The minimum atomic E-state index is -0.299. The predicted octanol–water partition coefficient (Wildman–Crippen LogP) is 3.70. The van der Waals surface area contributed by atoms with Gasteiger partial charge in [-0.3, -0.25) is 4.79 Å². The molecule has 1 aliphatic heterocycles. The van der Waals surface area contributed by atoms with Crippen molar-refractivity contribution in [3.63, 3.8) is 0 Å². The van der Waals surface area contributed by atoms with E-state index in [0.717, 1.165) is 22.6 Å². The summed E-state index contributed by atoms with van der Waals surface area (Å²) in [5.74, 6) is 1.48. The molecule has 0 unspecified atom stereocenters. The Balaban J connectivity index is 1.58. The molecular weight excluding hydrogens is 378 g/mol. The summed E-state index contributed by atoms with van der Waals surface area (Å²) in [4.78, 5) is 14.7. The maximum atomic E-state index is 12.7. The number of fused-ring (bicyclic) bond motifs is 1. The number of ether oxygens (including phenoxy) is 2. The van der Waals surface area contributed by atoms with Crippen molar-refractivity contribution < 1.29 is 9.47 Å². The summed E-state index contributed by atoms with van der Waals surface area (Å²) in [5, 5.41) is 4.51. The van der Waals surface area contributed by atoms with Crippen LogP contribution in [0.5, 0.6) is 11.5 Å². The molecular formula is C21H20ClN3O3. The fourth-order valence-electron chi connectivity index (χ4n) is 3.17. The van der Waals surface area contributed by atoms with Gasteiger partial charge in [0.2, 0.25) is 6.79 Å². The van der Waals surface area contributed by atoms with Crippen LogP contribution in [0.3, 0.4) is 0 Å². The van der Waals surface area contributed by atoms with Crippen molar-refractivity contribution in [3.05, 3.63) is 81.2 Å². The van der Waals surface area contributed by atoms with E-state index in [9.17, 15) is 4.79 Å². The molecule has 0 fully saturated rings. The Labute approximate surface area is 167 Å². The van der Waals surface area contributed by atoms with Crippen LogP contribution in [0.15, 0.2) is 59.5 Å². The molecule has 0 aliphatic carbocycles. The highest BCUT2D eigenvalue weighted by molar-refractivity contribution is 6.33. The number of nitrogens with zero attached hydrogens (tertiary/aromatic N) is 3. The molecule has 0 amide bonds. The van der Waals surface area contributed by atoms with Gasteiger partial charge in [0.1, 0.15) is 5.02 Å². The smallest absolute Gasteiger partial charge is 0.287 e. The lowest BCUT2D eigenvalue weighted by molar-refractivity contribution is 0.174. The number of anilines is 1. The Morgan fingerprint density at radius 1 is 1.11 bits per heavy atom. The van der Waals surface area contributed by atoms with Gasteiger partial charge < -0.3 is 14.4 Å². The van der Waals surface area contributed by atoms with Gasteiger partial charge in [0.25, 0.3) is 5.56 Å². The zero-order valence-corrected chi connectivity index (χ0v) is 16.2. The van der Waals surface area contributed by atoms with Crippen LogP contribution in [0.25, 0.3) is 0 Å². The SMILES string of the molecule is CCN(Cc1ccc2c(c1)OCO2)c1cnn(Cc2ccccc2)c(=O)c1Cl. The van der Waals surface area contributed by atoms with Gasteiger partial charge in [-0.15, -0.1) is 0 Å². The highest BCUT2D eigenvalue weighted by Crippen LogP contribution is 2.33. The molecule has 2 aromatic carbocycles. The first-order valence-corrected chi connectivity index (χ1v) is 9.46. The Hall–Kier alpha value is -2.99. The Morgan fingerprint density at radius 2 is 1.89 bits per heavy atom. The zero-order chi connectivity index (χ0) is 19.5. The monoisotopic (exact) mass is 397 g/mol. The van der Waals surface area contributed by atoms with Crippen LogP contribution in [0, 0.1) is 0 Å². The van der Waals surface area contributed by atoms with E-state index in [1.165, 1.54) is 4.68 Å². The topological polar surface area (TPSA) is 56.6 Å². The van der Waals surface area contributed by atoms with Gasteiger partial charge in [-0.2, -0.15) is 5.10 Å². The average Bonchev–Trinajstić information content (AvgIpc) is 3.19. The first kappa shape index (κ1) is 18.4. The van der Waals surface area contributed by atoms with Crippen molar-refractivity contribution >= 4 is 17.3 Å². The number of rotatable bonds is 6. The van der Waals surface area contributed by atoms with Gasteiger partial charge in [0.05, 0.1) is 18.4 Å². The van der Waals surface area contributed by atoms with Crippen LogP contribution in [-0.2, 0) is 13.1 Å². The second kappa shape index (κ2) is 7.94. The highest BCUT2D eigenvalue weighted by Gasteiger charge is 2.18. The number of hydrogen-bond donors (Lipinski definition) is 0. The van der Waals surface area contributed by atoms with Crippen molar-refractivity contribution in [2.24, 2.45) is 0 Å². The largest absolute Gasteiger partial charge is 0.454 e. The Morgan fingerprint density at radius 3 is 2.68 bits per heavy atom. The van der Waals surface area contributed by atoms with Crippen LogP contribution >= 0.6 is 11.6 Å². The maximum absolute atomic E-state index is 12.7. The average molecular weight is 398 g/mol. The van der Waals surface area contributed by atoms with E-state index < -0.39 is 0 Å². The lowest BCUT2D eigenvalue weighted by atomic mass is 10.2. The summed E-state index contributed by atoms with van der Waals surface area (Å²) in [6.45, 7) is 3.90. The summed E-state index contributed by atoms with van der Waals surface area (Å²) in [7, 11) is 0. The molecule has 144 valence electrons. The van der Waals surface area contributed by atoms with Crippen molar-refractivity contribution in [1.29, 1.82) is 0 Å². The number of halogens is 1. The van der Waals surface area contributed by atoms with E-state index in [-0.39, 0.29) is 17.4 Å². The van der Waals surface area contributed by atoms with Crippen LogP contribution in [-0.4, -0.2) is 23.1 Å². The number of hydrogen-bond acceptors (Lipinski definition) is 5. The fourth-order valence-corrected chi connectivity index (χ4v) is 3.44. The highest BCUT2D eigenvalue weighted by atomic mass is 35.5. The van der Waals surface area contributed by atoms with E-state index in [4.69, 9.17) is 21.1 Å². The summed E-state index contributed by atoms with van der Waals surface area (Å²) in [6.07, 6.45) is 1.66. The molecule has 0 spiro atoms. The summed E-state index contributed by atoms with van der Waals surface area (Å²) < 4.78 is 12.2. The molecule has 4 rings (SSSR count). The molecule has 2 heterocycles. The zero-order valence-electron chi connectivity index (χ0n) is 15.5. The molecule has 1 aliphatic rings. The minimum absolute atomic E-state index is 0.175. The van der Waals surface area contributed by atoms with Gasteiger partial charge in [-0.25, -0.2) is 4.68 Å². The van der Waals surface area contributed by atoms with Crippen molar-refractivity contribution in [1.82, 2.24) is 9.78 Å². The Kier molecular flexibility index (Phi) is 5.21. The molecule has 0 radical (unpaired) electrons. The van der Waals surface area contributed by atoms with Crippen molar-refractivity contribution in [2.75, 3.05) is 18.2 Å². The molecule has 28 heavy (non-hydrogen) atoms. The Bertz CT molecular complexity index is 1040. The van der Waals surface area contributed by atoms with E-state index in [1.54, 1.807) is 6.20 Å². The second-order valence-corrected chi connectivity index (χ2v) is 6.87. The molecule has 0 atom stereocenters. The van der Waals surface area contributed by atoms with Gasteiger partial charge >= 0.3 is 0 Å². The third-order valence-electron chi connectivity index (χ3n) is 4.67. The molecule has 7 heteroatoms.